The average Bonchev–Trinajstić information content (AvgIpc) is 2.75. The van der Waals surface area contributed by atoms with Gasteiger partial charge in [-0.1, -0.05) is 0 Å². The molecule has 1 aromatic heterocycles. The first-order valence-corrected chi connectivity index (χ1v) is 5.91. The van der Waals surface area contributed by atoms with Crippen LogP contribution in [0.3, 0.4) is 0 Å². The quantitative estimate of drug-likeness (QED) is 0.821. The number of esters is 1. The van der Waals surface area contributed by atoms with E-state index in [1.165, 1.54) is 7.11 Å². The molecule has 19 heavy (non-hydrogen) atoms. The van der Waals surface area contributed by atoms with Crippen molar-refractivity contribution < 1.29 is 14.3 Å². The summed E-state index contributed by atoms with van der Waals surface area (Å²) in [5.74, 6) is 0.208. The lowest BCUT2D eigenvalue weighted by Gasteiger charge is -2.04. The van der Waals surface area contributed by atoms with Gasteiger partial charge in [-0.3, -0.25) is 9.59 Å². The van der Waals surface area contributed by atoms with Gasteiger partial charge in [-0.2, -0.15) is 0 Å². The number of aryl methyl sites for hydroxylation is 1. The molecule has 0 spiro atoms. The lowest BCUT2D eigenvalue weighted by molar-refractivity contribution is -0.141. The number of aromatic nitrogens is 2. The van der Waals surface area contributed by atoms with Crippen LogP contribution in [0.5, 0.6) is 0 Å². The van der Waals surface area contributed by atoms with Crippen LogP contribution in [0.25, 0.3) is 11.0 Å². The van der Waals surface area contributed by atoms with Gasteiger partial charge < -0.3 is 15.0 Å². The van der Waals surface area contributed by atoms with E-state index >= 15 is 0 Å². The second kappa shape index (κ2) is 5.51. The number of amides is 1. The molecule has 100 valence electrons. The molecule has 0 bridgehead atoms. The number of H-pyrrole nitrogens is 1. The van der Waals surface area contributed by atoms with Gasteiger partial charge in [-0.25, -0.2) is 4.98 Å². The number of anilines is 1. The number of benzene rings is 1. The van der Waals surface area contributed by atoms with Crippen molar-refractivity contribution in [1.29, 1.82) is 0 Å². The molecule has 0 aliphatic carbocycles. The van der Waals surface area contributed by atoms with Crippen molar-refractivity contribution in [3.63, 3.8) is 0 Å². The topological polar surface area (TPSA) is 84.1 Å². The predicted molar refractivity (Wildman–Crippen MR) is 70.7 cm³/mol. The Bertz CT molecular complexity index is 619. The van der Waals surface area contributed by atoms with E-state index in [0.717, 1.165) is 16.9 Å². The number of fused-ring (bicyclic) bond motifs is 1. The summed E-state index contributed by atoms with van der Waals surface area (Å²) in [4.78, 5) is 29.9. The normalized spacial score (nSPS) is 10.4. The largest absolute Gasteiger partial charge is 0.469 e. The Morgan fingerprint density at radius 3 is 2.89 bits per heavy atom. The number of imidazole rings is 1. The standard InChI is InChI=1S/C13H15N3O3/c1-8-14-10-4-3-9(7-11(10)15-8)16-12(17)5-6-13(18)19-2/h3-4,7H,5-6H2,1-2H3,(H,14,15)(H,16,17). The van der Waals surface area contributed by atoms with Crippen LogP contribution >= 0.6 is 0 Å². The minimum Gasteiger partial charge on any atom is -0.469 e. The van der Waals surface area contributed by atoms with Crippen molar-refractivity contribution in [2.75, 3.05) is 12.4 Å². The van der Waals surface area contributed by atoms with E-state index in [4.69, 9.17) is 0 Å². The summed E-state index contributed by atoms with van der Waals surface area (Å²) in [5, 5.41) is 2.73. The number of rotatable bonds is 4. The van der Waals surface area contributed by atoms with Gasteiger partial charge in [0.05, 0.1) is 24.6 Å². The number of nitrogens with zero attached hydrogens (tertiary/aromatic N) is 1. The van der Waals surface area contributed by atoms with Crippen LogP contribution in [0, 0.1) is 6.92 Å². The number of carbonyl (C=O) groups is 2. The molecule has 1 heterocycles. The highest BCUT2D eigenvalue weighted by molar-refractivity contribution is 5.94. The van der Waals surface area contributed by atoms with Crippen LogP contribution in [-0.2, 0) is 14.3 Å². The minimum absolute atomic E-state index is 0.0771. The summed E-state index contributed by atoms with van der Waals surface area (Å²) in [6.45, 7) is 1.87. The first kappa shape index (κ1) is 13.1. The fourth-order valence-electron chi connectivity index (χ4n) is 1.76. The van der Waals surface area contributed by atoms with Gasteiger partial charge in [0, 0.05) is 12.1 Å². The average molecular weight is 261 g/mol. The van der Waals surface area contributed by atoms with Crippen LogP contribution in [0.1, 0.15) is 18.7 Å². The molecular formula is C13H15N3O3. The lowest BCUT2D eigenvalue weighted by atomic mass is 10.2. The van der Waals surface area contributed by atoms with E-state index in [1.807, 2.05) is 19.1 Å². The van der Waals surface area contributed by atoms with Gasteiger partial charge in [0.15, 0.2) is 0 Å². The van der Waals surface area contributed by atoms with E-state index in [1.54, 1.807) is 6.07 Å². The predicted octanol–water partition coefficient (Wildman–Crippen LogP) is 1.76. The SMILES string of the molecule is COC(=O)CCC(=O)Nc1ccc2nc(C)[nH]c2c1. The van der Waals surface area contributed by atoms with Crippen LogP contribution in [0.4, 0.5) is 5.69 Å². The summed E-state index contributed by atoms with van der Waals surface area (Å²) in [6.07, 6.45) is 0.181. The van der Waals surface area contributed by atoms with Crippen LogP contribution in [0.15, 0.2) is 18.2 Å². The van der Waals surface area contributed by atoms with Crippen molar-refractivity contribution in [3.8, 4) is 0 Å². The summed E-state index contributed by atoms with van der Waals surface area (Å²) in [6, 6.07) is 5.42. The van der Waals surface area contributed by atoms with Crippen LogP contribution < -0.4 is 5.32 Å². The molecule has 0 fully saturated rings. The van der Waals surface area contributed by atoms with Gasteiger partial charge in [0.2, 0.25) is 5.91 Å². The first-order valence-electron chi connectivity index (χ1n) is 5.91. The first-order chi connectivity index (χ1) is 9.08. The molecule has 6 heteroatoms. The molecule has 2 N–H and O–H groups in total. The summed E-state index contributed by atoms with van der Waals surface area (Å²) < 4.78 is 4.48. The number of methoxy groups -OCH3 is 1. The van der Waals surface area contributed by atoms with Gasteiger partial charge in [0.25, 0.3) is 0 Å². The molecular weight excluding hydrogens is 246 g/mol. The Morgan fingerprint density at radius 1 is 1.37 bits per heavy atom. The van der Waals surface area contributed by atoms with Gasteiger partial charge in [0.1, 0.15) is 5.82 Å². The van der Waals surface area contributed by atoms with Gasteiger partial charge >= 0.3 is 5.97 Å². The number of aromatic amines is 1. The zero-order valence-electron chi connectivity index (χ0n) is 10.8. The molecule has 2 aromatic rings. The van der Waals surface area contributed by atoms with Crippen LogP contribution in [0.2, 0.25) is 0 Å². The van der Waals surface area contributed by atoms with Crippen molar-refractivity contribution in [2.24, 2.45) is 0 Å². The Hall–Kier alpha value is -2.37. The molecule has 0 radical (unpaired) electrons. The van der Waals surface area contributed by atoms with Crippen molar-refractivity contribution >= 4 is 28.6 Å². The third-order valence-corrected chi connectivity index (χ3v) is 2.67. The van der Waals surface area contributed by atoms with E-state index in [0.29, 0.717) is 5.69 Å². The summed E-state index contributed by atoms with van der Waals surface area (Å²) in [5.41, 5.74) is 2.39. The molecule has 0 unspecified atom stereocenters. The Kier molecular flexibility index (Phi) is 3.79. The highest BCUT2D eigenvalue weighted by atomic mass is 16.5. The number of nitrogens with one attached hydrogen (secondary N) is 2. The maximum absolute atomic E-state index is 11.6. The maximum Gasteiger partial charge on any atom is 0.306 e. The zero-order chi connectivity index (χ0) is 13.8. The molecule has 0 aliphatic rings. The summed E-state index contributed by atoms with van der Waals surface area (Å²) in [7, 11) is 1.30. The maximum atomic E-state index is 11.6. The minimum atomic E-state index is -0.394. The molecule has 6 nitrogen and oxygen atoms in total. The van der Waals surface area contributed by atoms with E-state index in [-0.39, 0.29) is 18.7 Å². The Labute approximate surface area is 110 Å². The van der Waals surface area contributed by atoms with Crippen LogP contribution in [-0.4, -0.2) is 29.0 Å². The van der Waals surface area contributed by atoms with E-state index in [2.05, 4.69) is 20.0 Å². The Balaban J connectivity index is 2.00. The number of hydrogen-bond donors (Lipinski definition) is 2. The monoisotopic (exact) mass is 261 g/mol. The van der Waals surface area contributed by atoms with Gasteiger partial charge in [-0.15, -0.1) is 0 Å². The highest BCUT2D eigenvalue weighted by Gasteiger charge is 2.08. The second-order valence-electron chi connectivity index (χ2n) is 4.18. The zero-order valence-corrected chi connectivity index (χ0v) is 10.8. The Morgan fingerprint density at radius 2 is 2.16 bits per heavy atom. The molecule has 0 aliphatic heterocycles. The van der Waals surface area contributed by atoms with E-state index < -0.39 is 5.97 Å². The molecule has 1 amide bonds. The highest BCUT2D eigenvalue weighted by Crippen LogP contribution is 2.17. The number of ether oxygens (including phenoxy) is 1. The molecule has 0 atom stereocenters. The molecule has 2 rings (SSSR count). The van der Waals surface area contributed by atoms with Crippen molar-refractivity contribution in [3.05, 3.63) is 24.0 Å². The number of carbonyl (C=O) groups excluding carboxylic acids is 2. The molecule has 0 saturated heterocycles. The second-order valence-corrected chi connectivity index (χ2v) is 4.18. The van der Waals surface area contributed by atoms with E-state index in [9.17, 15) is 9.59 Å². The number of hydrogen-bond acceptors (Lipinski definition) is 4. The summed E-state index contributed by atoms with van der Waals surface area (Å²) >= 11 is 0. The lowest BCUT2D eigenvalue weighted by Crippen LogP contribution is -2.13. The smallest absolute Gasteiger partial charge is 0.306 e. The molecule has 0 saturated carbocycles. The van der Waals surface area contributed by atoms with Gasteiger partial charge in [-0.05, 0) is 25.1 Å². The fourth-order valence-corrected chi connectivity index (χ4v) is 1.76. The third-order valence-electron chi connectivity index (χ3n) is 2.67. The van der Waals surface area contributed by atoms with Crippen molar-refractivity contribution in [2.45, 2.75) is 19.8 Å². The third kappa shape index (κ3) is 3.31. The fraction of sp³-hybridized carbons (Fsp3) is 0.308. The van der Waals surface area contributed by atoms with Crippen molar-refractivity contribution in [1.82, 2.24) is 9.97 Å². The molecule has 1 aromatic carbocycles.